The Balaban J connectivity index is 2.15. The van der Waals surface area contributed by atoms with Gasteiger partial charge in [-0.3, -0.25) is 0 Å². The molecule has 0 bridgehead atoms. The van der Waals surface area contributed by atoms with E-state index in [0.29, 0.717) is 6.54 Å². The average molecular weight is 338 g/mol. The number of aliphatic hydroxyl groups excluding tert-OH is 1. The second-order valence-electron chi connectivity index (χ2n) is 4.86. The van der Waals surface area contributed by atoms with E-state index >= 15 is 0 Å². The van der Waals surface area contributed by atoms with Gasteiger partial charge in [-0.2, -0.15) is 0 Å². The Labute approximate surface area is 127 Å². The van der Waals surface area contributed by atoms with Crippen molar-refractivity contribution < 1.29 is 9.50 Å². The minimum absolute atomic E-state index is 0.222. The normalized spacial score (nSPS) is 12.2. The maximum atomic E-state index is 12.9. The van der Waals surface area contributed by atoms with Gasteiger partial charge in [-0.25, -0.2) is 4.39 Å². The van der Waals surface area contributed by atoms with Crippen LogP contribution in [-0.4, -0.2) is 12.2 Å². The Bertz CT molecular complexity index is 584. The zero-order chi connectivity index (χ0) is 14.7. The van der Waals surface area contributed by atoms with Crippen LogP contribution in [0, 0.1) is 5.82 Å². The maximum Gasteiger partial charge on any atom is 0.123 e. The molecule has 1 N–H and O–H groups in total. The quantitative estimate of drug-likeness (QED) is 0.900. The van der Waals surface area contributed by atoms with E-state index in [9.17, 15) is 9.50 Å². The highest BCUT2D eigenvalue weighted by Crippen LogP contribution is 2.28. The molecule has 0 aromatic heterocycles. The highest BCUT2D eigenvalue weighted by molar-refractivity contribution is 9.10. The lowest BCUT2D eigenvalue weighted by Gasteiger charge is -2.21. The Morgan fingerprint density at radius 2 is 1.85 bits per heavy atom. The van der Waals surface area contributed by atoms with Gasteiger partial charge < -0.3 is 10.0 Å². The predicted octanol–water partition coefficient (Wildman–Crippen LogP) is 4.28. The highest BCUT2D eigenvalue weighted by atomic mass is 79.9. The molecule has 2 aromatic carbocycles. The second-order valence-corrected chi connectivity index (χ2v) is 5.72. The minimum atomic E-state index is -0.499. The summed E-state index contributed by atoms with van der Waals surface area (Å²) < 4.78 is 13.8. The van der Waals surface area contributed by atoms with Gasteiger partial charge in [0.25, 0.3) is 0 Å². The molecule has 0 saturated heterocycles. The Morgan fingerprint density at radius 1 is 1.20 bits per heavy atom. The van der Waals surface area contributed by atoms with Gasteiger partial charge in [0.15, 0.2) is 0 Å². The molecular weight excluding hydrogens is 321 g/mol. The van der Waals surface area contributed by atoms with E-state index in [-0.39, 0.29) is 5.82 Å². The Kier molecular flexibility index (Phi) is 4.78. The molecule has 2 rings (SSSR count). The number of nitrogens with zero attached hydrogens (tertiary/aromatic N) is 1. The predicted molar refractivity (Wildman–Crippen MR) is 83.3 cm³/mol. The van der Waals surface area contributed by atoms with Crippen LogP contribution >= 0.6 is 15.9 Å². The molecule has 2 aromatic rings. The molecule has 0 aliphatic heterocycles. The van der Waals surface area contributed by atoms with Crippen molar-refractivity contribution in [1.29, 1.82) is 0 Å². The molecule has 0 amide bonds. The van der Waals surface area contributed by atoms with E-state index in [0.717, 1.165) is 21.3 Å². The van der Waals surface area contributed by atoms with E-state index in [2.05, 4.69) is 20.8 Å². The van der Waals surface area contributed by atoms with Gasteiger partial charge in [-0.15, -0.1) is 0 Å². The van der Waals surface area contributed by atoms with Gasteiger partial charge in [0.05, 0.1) is 6.10 Å². The van der Waals surface area contributed by atoms with Gasteiger partial charge in [0, 0.05) is 23.8 Å². The summed E-state index contributed by atoms with van der Waals surface area (Å²) in [5.74, 6) is -0.222. The highest BCUT2D eigenvalue weighted by Gasteiger charge is 2.09. The summed E-state index contributed by atoms with van der Waals surface area (Å²) in [6.07, 6.45) is -0.499. The van der Waals surface area contributed by atoms with Crippen molar-refractivity contribution in [3.05, 3.63) is 63.9 Å². The van der Waals surface area contributed by atoms with E-state index in [4.69, 9.17) is 0 Å². The number of rotatable bonds is 4. The van der Waals surface area contributed by atoms with E-state index in [1.165, 1.54) is 12.1 Å². The summed E-state index contributed by atoms with van der Waals surface area (Å²) in [5.41, 5.74) is 2.94. The third kappa shape index (κ3) is 3.58. The fourth-order valence-electron chi connectivity index (χ4n) is 2.05. The fourth-order valence-corrected chi connectivity index (χ4v) is 2.75. The van der Waals surface area contributed by atoms with E-state index < -0.39 is 6.10 Å². The SMILES string of the molecule is C[C@H](O)c1ccc(N(C)Cc2ccc(F)cc2)cc1Br. The monoisotopic (exact) mass is 337 g/mol. The minimum Gasteiger partial charge on any atom is -0.389 e. The smallest absolute Gasteiger partial charge is 0.123 e. The number of aliphatic hydroxyl groups is 1. The van der Waals surface area contributed by atoms with E-state index in [1.807, 2.05) is 25.2 Å². The van der Waals surface area contributed by atoms with Crippen LogP contribution in [0.4, 0.5) is 10.1 Å². The number of halogens is 2. The van der Waals surface area contributed by atoms with Gasteiger partial charge in [0.1, 0.15) is 5.82 Å². The summed E-state index contributed by atoms with van der Waals surface area (Å²) in [6, 6.07) is 12.4. The van der Waals surface area contributed by atoms with Crippen molar-refractivity contribution in [1.82, 2.24) is 0 Å². The van der Waals surface area contributed by atoms with Crippen LogP contribution in [0.1, 0.15) is 24.2 Å². The molecule has 0 fully saturated rings. The number of anilines is 1. The van der Waals surface area contributed by atoms with Crippen LogP contribution in [0.15, 0.2) is 46.9 Å². The molecule has 0 radical (unpaired) electrons. The lowest BCUT2D eigenvalue weighted by atomic mass is 10.1. The molecule has 4 heteroatoms. The fraction of sp³-hybridized carbons (Fsp3) is 0.250. The first-order valence-electron chi connectivity index (χ1n) is 6.40. The second kappa shape index (κ2) is 6.37. The largest absolute Gasteiger partial charge is 0.389 e. The van der Waals surface area contributed by atoms with Crippen molar-refractivity contribution in [2.75, 3.05) is 11.9 Å². The van der Waals surface area contributed by atoms with E-state index in [1.54, 1.807) is 19.1 Å². The molecular formula is C16H17BrFNO. The zero-order valence-electron chi connectivity index (χ0n) is 11.5. The number of hydrogen-bond donors (Lipinski definition) is 1. The van der Waals surface area contributed by atoms with Gasteiger partial charge >= 0.3 is 0 Å². The molecule has 0 heterocycles. The van der Waals surface area contributed by atoms with Crippen LogP contribution in [0.2, 0.25) is 0 Å². The molecule has 106 valence electrons. The van der Waals surface area contributed by atoms with Crippen molar-refractivity contribution >= 4 is 21.6 Å². The summed E-state index contributed by atoms with van der Waals surface area (Å²) in [6.45, 7) is 2.43. The van der Waals surface area contributed by atoms with Crippen molar-refractivity contribution in [3.8, 4) is 0 Å². The Morgan fingerprint density at radius 3 is 2.40 bits per heavy atom. The van der Waals surface area contributed by atoms with Gasteiger partial charge in [-0.1, -0.05) is 34.1 Å². The number of benzene rings is 2. The third-order valence-corrected chi connectivity index (χ3v) is 3.89. The Hall–Kier alpha value is -1.39. The first-order valence-corrected chi connectivity index (χ1v) is 7.20. The number of hydrogen-bond acceptors (Lipinski definition) is 2. The van der Waals surface area contributed by atoms with Crippen LogP contribution in [0.3, 0.4) is 0 Å². The first-order chi connectivity index (χ1) is 9.47. The average Bonchev–Trinajstić information content (AvgIpc) is 2.40. The summed E-state index contributed by atoms with van der Waals surface area (Å²) >= 11 is 3.47. The zero-order valence-corrected chi connectivity index (χ0v) is 13.1. The van der Waals surface area contributed by atoms with Crippen molar-refractivity contribution in [2.45, 2.75) is 19.6 Å². The van der Waals surface area contributed by atoms with Gasteiger partial charge in [0.2, 0.25) is 0 Å². The molecule has 0 spiro atoms. The maximum absolute atomic E-state index is 12.9. The van der Waals surface area contributed by atoms with Crippen LogP contribution < -0.4 is 4.90 Å². The lowest BCUT2D eigenvalue weighted by Crippen LogP contribution is -2.16. The standard InChI is InChI=1S/C16H17BrFNO/c1-11(20)15-8-7-14(9-16(15)17)19(2)10-12-3-5-13(18)6-4-12/h3-9,11,20H,10H2,1-2H3/t11-/m0/s1. The van der Waals surface area contributed by atoms with Crippen molar-refractivity contribution in [2.24, 2.45) is 0 Å². The molecule has 2 nitrogen and oxygen atoms in total. The molecule has 1 atom stereocenters. The molecule has 0 unspecified atom stereocenters. The van der Waals surface area contributed by atoms with Crippen LogP contribution in [0.25, 0.3) is 0 Å². The van der Waals surface area contributed by atoms with Crippen LogP contribution in [0.5, 0.6) is 0 Å². The van der Waals surface area contributed by atoms with Crippen LogP contribution in [-0.2, 0) is 6.54 Å². The molecule has 0 aliphatic rings. The molecule has 20 heavy (non-hydrogen) atoms. The summed E-state index contributed by atoms with van der Waals surface area (Å²) in [5, 5.41) is 9.62. The summed E-state index contributed by atoms with van der Waals surface area (Å²) in [7, 11) is 1.98. The summed E-state index contributed by atoms with van der Waals surface area (Å²) in [4.78, 5) is 2.07. The lowest BCUT2D eigenvalue weighted by molar-refractivity contribution is 0.198. The molecule has 0 aliphatic carbocycles. The topological polar surface area (TPSA) is 23.5 Å². The van der Waals surface area contributed by atoms with Gasteiger partial charge in [-0.05, 0) is 42.3 Å². The third-order valence-electron chi connectivity index (χ3n) is 3.21. The van der Waals surface area contributed by atoms with Crippen molar-refractivity contribution in [3.63, 3.8) is 0 Å². The molecule has 0 saturated carbocycles. The first kappa shape index (κ1) is 15.0.